The Morgan fingerprint density at radius 1 is 0.781 bits per heavy atom. The molecular formula is C27H33N3O2. The van der Waals surface area contributed by atoms with Crippen LogP contribution in [0.3, 0.4) is 0 Å². The van der Waals surface area contributed by atoms with Crippen molar-refractivity contribution in [2.45, 2.75) is 39.5 Å². The summed E-state index contributed by atoms with van der Waals surface area (Å²) in [4.78, 5) is 32.8. The number of imide groups is 1. The Labute approximate surface area is 191 Å². The van der Waals surface area contributed by atoms with Crippen molar-refractivity contribution in [2.75, 3.05) is 37.6 Å². The van der Waals surface area contributed by atoms with Crippen molar-refractivity contribution in [3.05, 3.63) is 71.4 Å². The summed E-state index contributed by atoms with van der Waals surface area (Å²) in [5.41, 5.74) is 4.44. The second-order valence-corrected chi connectivity index (χ2v) is 8.73. The molecule has 2 aliphatic heterocycles. The van der Waals surface area contributed by atoms with E-state index in [-0.39, 0.29) is 11.8 Å². The van der Waals surface area contributed by atoms with E-state index in [2.05, 4.69) is 47.9 Å². The molecule has 0 radical (unpaired) electrons. The van der Waals surface area contributed by atoms with Crippen LogP contribution < -0.4 is 4.90 Å². The molecule has 32 heavy (non-hydrogen) atoms. The van der Waals surface area contributed by atoms with Crippen LogP contribution in [0.5, 0.6) is 0 Å². The first-order valence-corrected chi connectivity index (χ1v) is 11.8. The molecule has 0 aromatic heterocycles. The molecule has 0 N–H and O–H groups in total. The number of unbranched alkanes of at least 4 members (excludes halogenated alkanes) is 3. The van der Waals surface area contributed by atoms with Crippen LogP contribution in [-0.4, -0.2) is 54.3 Å². The molecular weight excluding hydrogens is 398 g/mol. The van der Waals surface area contributed by atoms with E-state index in [1.807, 2.05) is 30.3 Å². The van der Waals surface area contributed by atoms with Crippen LogP contribution in [0.25, 0.3) is 5.57 Å². The van der Waals surface area contributed by atoms with Gasteiger partial charge in [-0.25, -0.2) is 0 Å². The first-order valence-electron chi connectivity index (χ1n) is 11.8. The highest BCUT2D eigenvalue weighted by Crippen LogP contribution is 2.33. The minimum Gasteiger partial charge on any atom is -0.368 e. The molecule has 2 aliphatic rings. The summed E-state index contributed by atoms with van der Waals surface area (Å²) in [6, 6.07) is 18.2. The van der Waals surface area contributed by atoms with Crippen molar-refractivity contribution in [3.8, 4) is 0 Å². The molecule has 5 heteroatoms. The second kappa shape index (κ2) is 10.0. The molecule has 2 heterocycles. The van der Waals surface area contributed by atoms with E-state index >= 15 is 0 Å². The number of hydrogen-bond acceptors (Lipinski definition) is 4. The minimum absolute atomic E-state index is 0.130. The fraction of sp³-hybridized carbons (Fsp3) is 0.407. The van der Waals surface area contributed by atoms with Crippen molar-refractivity contribution in [1.82, 2.24) is 9.80 Å². The summed E-state index contributed by atoms with van der Waals surface area (Å²) in [7, 11) is 0. The predicted molar refractivity (Wildman–Crippen MR) is 129 cm³/mol. The third-order valence-electron chi connectivity index (χ3n) is 6.40. The van der Waals surface area contributed by atoms with Crippen LogP contribution in [0.4, 0.5) is 5.69 Å². The number of carbonyl (C=O) groups is 2. The molecule has 0 aliphatic carbocycles. The van der Waals surface area contributed by atoms with Gasteiger partial charge in [0.2, 0.25) is 0 Å². The normalized spacial score (nSPS) is 17.0. The van der Waals surface area contributed by atoms with Crippen LogP contribution in [0.2, 0.25) is 0 Å². The standard InChI is InChI=1S/C27H33N3O2/c1-3-4-5-9-15-30-26(31)24(22-12-7-6-8-13-22)25(27(30)32)29-18-16-28(17-19-29)23-14-10-11-21(2)20-23/h6-8,10-14,20H,3-5,9,15-19H2,1-2H3. The van der Waals surface area contributed by atoms with Gasteiger partial charge in [-0.3, -0.25) is 14.5 Å². The van der Waals surface area contributed by atoms with Gasteiger partial charge in [0.05, 0.1) is 5.57 Å². The summed E-state index contributed by atoms with van der Waals surface area (Å²) in [5, 5.41) is 0. The molecule has 2 aromatic carbocycles. The Morgan fingerprint density at radius 3 is 2.19 bits per heavy atom. The second-order valence-electron chi connectivity index (χ2n) is 8.73. The lowest BCUT2D eigenvalue weighted by Gasteiger charge is -2.37. The molecule has 4 rings (SSSR count). The van der Waals surface area contributed by atoms with Crippen LogP contribution in [0.1, 0.15) is 43.7 Å². The number of amides is 2. The van der Waals surface area contributed by atoms with Gasteiger partial charge in [-0.2, -0.15) is 0 Å². The summed E-state index contributed by atoms with van der Waals surface area (Å²) in [5.74, 6) is -0.275. The van der Waals surface area contributed by atoms with Gasteiger partial charge < -0.3 is 9.80 Å². The number of piperazine rings is 1. The van der Waals surface area contributed by atoms with E-state index in [0.717, 1.165) is 57.4 Å². The molecule has 1 saturated heterocycles. The Bertz CT molecular complexity index is 991. The lowest BCUT2D eigenvalue weighted by Crippen LogP contribution is -2.47. The summed E-state index contributed by atoms with van der Waals surface area (Å²) in [6.45, 7) is 7.87. The van der Waals surface area contributed by atoms with Crippen molar-refractivity contribution >= 4 is 23.1 Å². The number of rotatable bonds is 8. The highest BCUT2D eigenvalue weighted by atomic mass is 16.2. The van der Waals surface area contributed by atoms with Gasteiger partial charge in [0.25, 0.3) is 11.8 Å². The van der Waals surface area contributed by atoms with Crippen LogP contribution in [-0.2, 0) is 9.59 Å². The molecule has 5 nitrogen and oxygen atoms in total. The maximum absolute atomic E-state index is 13.5. The van der Waals surface area contributed by atoms with Gasteiger partial charge >= 0.3 is 0 Å². The van der Waals surface area contributed by atoms with E-state index in [1.165, 1.54) is 16.2 Å². The van der Waals surface area contributed by atoms with Crippen molar-refractivity contribution in [2.24, 2.45) is 0 Å². The molecule has 0 atom stereocenters. The Balaban J connectivity index is 1.55. The van der Waals surface area contributed by atoms with Gasteiger partial charge in [0.1, 0.15) is 5.70 Å². The minimum atomic E-state index is -0.145. The molecule has 0 unspecified atom stereocenters. The Hall–Kier alpha value is -3.08. The molecule has 0 bridgehead atoms. The fourth-order valence-corrected chi connectivity index (χ4v) is 4.63. The third-order valence-corrected chi connectivity index (χ3v) is 6.40. The third kappa shape index (κ3) is 4.57. The van der Waals surface area contributed by atoms with E-state index in [4.69, 9.17) is 0 Å². The van der Waals surface area contributed by atoms with E-state index in [0.29, 0.717) is 17.8 Å². The zero-order valence-electron chi connectivity index (χ0n) is 19.2. The maximum atomic E-state index is 13.5. The van der Waals surface area contributed by atoms with E-state index in [9.17, 15) is 9.59 Å². The van der Waals surface area contributed by atoms with Crippen LogP contribution >= 0.6 is 0 Å². The van der Waals surface area contributed by atoms with Gasteiger partial charge in [0, 0.05) is 38.4 Å². The molecule has 2 aromatic rings. The van der Waals surface area contributed by atoms with Crippen LogP contribution in [0.15, 0.2) is 60.3 Å². The summed E-state index contributed by atoms with van der Waals surface area (Å²) < 4.78 is 0. The van der Waals surface area contributed by atoms with Crippen LogP contribution in [0, 0.1) is 6.92 Å². The SMILES string of the molecule is CCCCCCN1C(=O)C(c2ccccc2)=C(N2CCN(c3cccc(C)c3)CC2)C1=O. The maximum Gasteiger partial charge on any atom is 0.277 e. The Kier molecular flexibility index (Phi) is 6.93. The zero-order valence-corrected chi connectivity index (χ0v) is 19.2. The average Bonchev–Trinajstić information content (AvgIpc) is 3.07. The zero-order chi connectivity index (χ0) is 22.5. The largest absolute Gasteiger partial charge is 0.368 e. The first kappa shape index (κ1) is 22.1. The predicted octanol–water partition coefficient (Wildman–Crippen LogP) is 4.48. The average molecular weight is 432 g/mol. The monoisotopic (exact) mass is 431 g/mol. The fourth-order valence-electron chi connectivity index (χ4n) is 4.63. The summed E-state index contributed by atoms with van der Waals surface area (Å²) in [6.07, 6.45) is 4.16. The highest BCUT2D eigenvalue weighted by molar-refractivity contribution is 6.35. The Morgan fingerprint density at radius 2 is 1.50 bits per heavy atom. The number of aryl methyl sites for hydroxylation is 1. The lowest BCUT2D eigenvalue weighted by molar-refractivity contribution is -0.137. The van der Waals surface area contributed by atoms with Gasteiger partial charge in [-0.05, 0) is 36.6 Å². The molecule has 168 valence electrons. The number of anilines is 1. The summed E-state index contributed by atoms with van der Waals surface area (Å²) >= 11 is 0. The smallest absolute Gasteiger partial charge is 0.277 e. The van der Waals surface area contributed by atoms with Crippen molar-refractivity contribution in [1.29, 1.82) is 0 Å². The van der Waals surface area contributed by atoms with Gasteiger partial charge in [-0.15, -0.1) is 0 Å². The van der Waals surface area contributed by atoms with Crippen molar-refractivity contribution < 1.29 is 9.59 Å². The molecule has 0 saturated carbocycles. The number of benzene rings is 2. The van der Waals surface area contributed by atoms with E-state index < -0.39 is 0 Å². The molecule has 2 amide bonds. The van der Waals surface area contributed by atoms with Crippen molar-refractivity contribution in [3.63, 3.8) is 0 Å². The van der Waals surface area contributed by atoms with E-state index in [1.54, 1.807) is 0 Å². The highest BCUT2D eigenvalue weighted by Gasteiger charge is 2.41. The quantitative estimate of drug-likeness (QED) is 0.457. The lowest BCUT2D eigenvalue weighted by atomic mass is 10.0. The number of carbonyl (C=O) groups excluding carboxylic acids is 2. The topological polar surface area (TPSA) is 43.9 Å². The van der Waals surface area contributed by atoms with Gasteiger partial charge in [0.15, 0.2) is 0 Å². The number of hydrogen-bond donors (Lipinski definition) is 0. The number of nitrogens with zero attached hydrogens (tertiary/aromatic N) is 3. The molecule has 1 fully saturated rings. The van der Waals surface area contributed by atoms with Gasteiger partial charge in [-0.1, -0.05) is 68.7 Å². The molecule has 0 spiro atoms. The first-order chi connectivity index (χ1) is 15.6.